The maximum atomic E-state index is 11.8. The number of imidazole rings is 1. The van der Waals surface area contributed by atoms with E-state index in [-0.39, 0.29) is 17.5 Å². The van der Waals surface area contributed by atoms with Crippen LogP contribution in [0.5, 0.6) is 0 Å². The molecule has 3 heterocycles. The Hall–Kier alpha value is -1.60. The molecule has 2 aromatic heterocycles. The minimum atomic E-state index is -2.97. The molecule has 1 fully saturated rings. The number of nitrogens with zero attached hydrogens (tertiary/aromatic N) is 2. The van der Waals surface area contributed by atoms with E-state index in [1.54, 1.807) is 12.5 Å². The third-order valence-corrected chi connectivity index (χ3v) is 5.84. The summed E-state index contributed by atoms with van der Waals surface area (Å²) < 4.78 is 31.0. The van der Waals surface area contributed by atoms with Crippen molar-refractivity contribution in [1.82, 2.24) is 14.9 Å². The molecule has 21 heavy (non-hydrogen) atoms. The molecule has 1 aliphatic rings. The fourth-order valence-electron chi connectivity index (χ4n) is 2.85. The summed E-state index contributed by atoms with van der Waals surface area (Å²) >= 11 is 0. The third-order valence-electron chi connectivity index (χ3n) is 3.94. The number of nitrogens with one attached hydrogen (secondary N) is 1. The average molecular weight is 309 g/mol. The zero-order chi connectivity index (χ0) is 15.1. The van der Waals surface area contributed by atoms with Gasteiger partial charge in [-0.05, 0) is 25.5 Å². The molecule has 2 aromatic rings. The van der Waals surface area contributed by atoms with Gasteiger partial charge in [-0.1, -0.05) is 0 Å². The van der Waals surface area contributed by atoms with E-state index in [1.165, 1.54) is 0 Å². The molecule has 0 saturated carbocycles. The number of aromatic nitrogens is 2. The lowest BCUT2D eigenvalue weighted by Crippen LogP contribution is -2.46. The van der Waals surface area contributed by atoms with Gasteiger partial charge in [0, 0.05) is 25.0 Å². The van der Waals surface area contributed by atoms with Crippen LogP contribution in [-0.2, 0) is 16.9 Å². The SMILES string of the molecule is Cn1ccnc1C(NC1(C)CCS(=O)(=O)C1)c1ccco1. The minimum Gasteiger partial charge on any atom is -0.467 e. The first-order chi connectivity index (χ1) is 9.89. The van der Waals surface area contributed by atoms with Crippen molar-refractivity contribution in [3.05, 3.63) is 42.4 Å². The average Bonchev–Trinajstić information content (AvgIpc) is 3.09. The molecule has 1 aliphatic heterocycles. The second kappa shape index (κ2) is 4.99. The predicted molar refractivity (Wildman–Crippen MR) is 78.6 cm³/mol. The van der Waals surface area contributed by atoms with E-state index >= 15 is 0 Å². The van der Waals surface area contributed by atoms with Crippen LogP contribution in [0, 0.1) is 0 Å². The lowest BCUT2D eigenvalue weighted by Gasteiger charge is -2.29. The lowest BCUT2D eigenvalue weighted by molar-refractivity contribution is 0.325. The molecule has 0 aliphatic carbocycles. The molecule has 6 nitrogen and oxygen atoms in total. The van der Waals surface area contributed by atoms with Crippen LogP contribution in [0.2, 0.25) is 0 Å². The van der Waals surface area contributed by atoms with E-state index < -0.39 is 15.4 Å². The fraction of sp³-hybridized carbons (Fsp3) is 0.500. The van der Waals surface area contributed by atoms with Crippen LogP contribution in [0.15, 0.2) is 35.2 Å². The Bertz CT molecular complexity index is 720. The van der Waals surface area contributed by atoms with Gasteiger partial charge in [-0.2, -0.15) is 0 Å². The second-order valence-electron chi connectivity index (χ2n) is 5.89. The van der Waals surface area contributed by atoms with Crippen molar-refractivity contribution in [3.63, 3.8) is 0 Å². The van der Waals surface area contributed by atoms with Crippen molar-refractivity contribution in [3.8, 4) is 0 Å². The monoisotopic (exact) mass is 309 g/mol. The molecule has 2 unspecified atom stereocenters. The van der Waals surface area contributed by atoms with Crippen molar-refractivity contribution in [1.29, 1.82) is 0 Å². The van der Waals surface area contributed by atoms with E-state index in [0.717, 1.165) is 11.6 Å². The van der Waals surface area contributed by atoms with E-state index in [1.807, 2.05) is 36.9 Å². The van der Waals surface area contributed by atoms with Crippen molar-refractivity contribution < 1.29 is 12.8 Å². The Balaban J connectivity index is 1.93. The normalized spacial score (nSPS) is 26.0. The van der Waals surface area contributed by atoms with Crippen molar-refractivity contribution in [2.75, 3.05) is 11.5 Å². The van der Waals surface area contributed by atoms with Gasteiger partial charge in [0.1, 0.15) is 17.6 Å². The summed E-state index contributed by atoms with van der Waals surface area (Å²) in [6.07, 6.45) is 5.79. The summed E-state index contributed by atoms with van der Waals surface area (Å²) in [5.41, 5.74) is -0.470. The van der Waals surface area contributed by atoms with Gasteiger partial charge in [0.25, 0.3) is 0 Å². The molecule has 114 valence electrons. The highest BCUT2D eigenvalue weighted by molar-refractivity contribution is 7.91. The van der Waals surface area contributed by atoms with Gasteiger partial charge in [0.15, 0.2) is 9.84 Å². The Kier molecular flexibility index (Phi) is 3.41. The van der Waals surface area contributed by atoms with Crippen LogP contribution in [-0.4, -0.2) is 35.0 Å². The summed E-state index contributed by atoms with van der Waals surface area (Å²) in [6.45, 7) is 1.94. The standard InChI is InChI=1S/C14H19N3O3S/c1-14(5-9-21(18,19)10-14)16-12(11-4-3-8-20-11)13-15-6-7-17(13)2/h3-4,6-8,12,16H,5,9-10H2,1-2H3. The van der Waals surface area contributed by atoms with Gasteiger partial charge in [-0.25, -0.2) is 13.4 Å². The number of sulfone groups is 1. The molecule has 1 saturated heterocycles. The van der Waals surface area contributed by atoms with E-state index in [4.69, 9.17) is 4.42 Å². The van der Waals surface area contributed by atoms with E-state index in [0.29, 0.717) is 6.42 Å². The fourth-order valence-corrected chi connectivity index (χ4v) is 4.95. The van der Waals surface area contributed by atoms with Gasteiger partial charge in [-0.3, -0.25) is 5.32 Å². The van der Waals surface area contributed by atoms with Crippen LogP contribution in [0.1, 0.15) is 31.0 Å². The van der Waals surface area contributed by atoms with Gasteiger partial charge in [0.2, 0.25) is 0 Å². The highest BCUT2D eigenvalue weighted by Crippen LogP contribution is 2.29. The number of furan rings is 1. The van der Waals surface area contributed by atoms with Crippen molar-refractivity contribution >= 4 is 9.84 Å². The zero-order valence-corrected chi connectivity index (χ0v) is 12.9. The maximum absolute atomic E-state index is 11.8. The molecule has 0 bridgehead atoms. The number of rotatable bonds is 4. The Morgan fingerprint density at radius 2 is 2.33 bits per heavy atom. The summed E-state index contributed by atoms with van der Waals surface area (Å²) in [6, 6.07) is 3.43. The maximum Gasteiger partial charge on any atom is 0.152 e. The first-order valence-corrected chi connectivity index (χ1v) is 8.69. The minimum absolute atomic E-state index is 0.141. The molecule has 0 spiro atoms. The topological polar surface area (TPSA) is 77.1 Å². The summed E-state index contributed by atoms with van der Waals surface area (Å²) in [5.74, 6) is 1.90. The Morgan fingerprint density at radius 3 is 2.86 bits per heavy atom. The molecule has 0 aromatic carbocycles. The molecular formula is C14H19N3O3S. The van der Waals surface area contributed by atoms with E-state index in [9.17, 15) is 8.42 Å². The smallest absolute Gasteiger partial charge is 0.152 e. The van der Waals surface area contributed by atoms with Crippen LogP contribution in [0.3, 0.4) is 0 Å². The Labute approximate surface area is 124 Å². The summed E-state index contributed by atoms with van der Waals surface area (Å²) in [7, 11) is -1.06. The highest BCUT2D eigenvalue weighted by Gasteiger charge is 2.41. The molecule has 0 radical (unpaired) electrons. The Morgan fingerprint density at radius 1 is 1.52 bits per heavy atom. The van der Waals surface area contributed by atoms with Gasteiger partial charge < -0.3 is 8.98 Å². The first-order valence-electron chi connectivity index (χ1n) is 6.87. The van der Waals surface area contributed by atoms with Gasteiger partial charge in [0.05, 0.1) is 17.8 Å². The first kappa shape index (κ1) is 14.3. The van der Waals surface area contributed by atoms with Crippen molar-refractivity contribution in [2.24, 2.45) is 7.05 Å². The van der Waals surface area contributed by atoms with Gasteiger partial charge in [-0.15, -0.1) is 0 Å². The lowest BCUT2D eigenvalue weighted by atomic mass is 9.99. The quantitative estimate of drug-likeness (QED) is 0.920. The zero-order valence-electron chi connectivity index (χ0n) is 12.1. The van der Waals surface area contributed by atoms with Gasteiger partial charge >= 0.3 is 0 Å². The van der Waals surface area contributed by atoms with E-state index in [2.05, 4.69) is 10.3 Å². The largest absolute Gasteiger partial charge is 0.467 e. The molecule has 2 atom stereocenters. The van der Waals surface area contributed by atoms with Crippen LogP contribution in [0.25, 0.3) is 0 Å². The molecule has 0 amide bonds. The van der Waals surface area contributed by atoms with Crippen LogP contribution < -0.4 is 5.32 Å². The summed E-state index contributed by atoms with van der Waals surface area (Å²) in [4.78, 5) is 4.37. The highest BCUT2D eigenvalue weighted by atomic mass is 32.2. The second-order valence-corrected chi connectivity index (χ2v) is 8.08. The third kappa shape index (κ3) is 2.89. The number of hydrogen-bond donors (Lipinski definition) is 1. The molecular weight excluding hydrogens is 290 g/mol. The number of aryl methyl sites for hydroxylation is 1. The summed E-state index contributed by atoms with van der Waals surface area (Å²) in [5, 5.41) is 3.44. The van der Waals surface area contributed by atoms with Crippen LogP contribution >= 0.6 is 0 Å². The predicted octanol–water partition coefficient (Wildman–Crippen LogP) is 1.27. The molecule has 3 rings (SSSR count). The number of hydrogen-bond acceptors (Lipinski definition) is 5. The van der Waals surface area contributed by atoms with Crippen LogP contribution in [0.4, 0.5) is 0 Å². The molecule has 7 heteroatoms. The van der Waals surface area contributed by atoms with Crippen molar-refractivity contribution in [2.45, 2.75) is 24.9 Å². The molecule has 1 N–H and O–H groups in total.